The Morgan fingerprint density at radius 1 is 1.63 bits per heavy atom. The maximum Gasteiger partial charge on any atom is 0.371 e. The molecule has 0 atom stereocenters. The normalized spacial score (nSPS) is 17.4. The van der Waals surface area contributed by atoms with Crippen LogP contribution in [0.3, 0.4) is 0 Å². The molecule has 1 aromatic heterocycles. The average Bonchev–Trinajstić information content (AvgIpc) is 3.02. The van der Waals surface area contributed by atoms with Crippen molar-refractivity contribution < 1.29 is 22.7 Å². The second-order valence-electron chi connectivity index (χ2n) is 4.27. The third-order valence-electron chi connectivity index (χ3n) is 2.98. The maximum atomic E-state index is 12.0. The molecule has 19 heavy (non-hydrogen) atoms. The van der Waals surface area contributed by atoms with Gasteiger partial charge in [0, 0.05) is 17.4 Å². The highest BCUT2D eigenvalue weighted by molar-refractivity contribution is 8.00. The second-order valence-corrected chi connectivity index (χ2v) is 7.62. The molecule has 0 radical (unpaired) electrons. The van der Waals surface area contributed by atoms with Crippen molar-refractivity contribution in [2.45, 2.75) is 22.5 Å². The number of rotatable bonds is 6. The van der Waals surface area contributed by atoms with Crippen molar-refractivity contribution in [2.24, 2.45) is 0 Å². The van der Waals surface area contributed by atoms with Gasteiger partial charge in [0.15, 0.2) is 0 Å². The SMILES string of the molecule is CSC1(CNS(=O)(=O)c2cc(C(=O)O)oc2Cl)CC1. The first-order valence-corrected chi connectivity index (χ1v) is 8.46. The van der Waals surface area contributed by atoms with E-state index in [2.05, 4.69) is 9.14 Å². The van der Waals surface area contributed by atoms with Gasteiger partial charge >= 0.3 is 5.97 Å². The quantitative estimate of drug-likeness (QED) is 0.828. The zero-order valence-electron chi connectivity index (χ0n) is 9.97. The molecule has 2 N–H and O–H groups in total. The van der Waals surface area contributed by atoms with Crippen LogP contribution in [-0.2, 0) is 10.0 Å². The molecule has 0 unspecified atom stereocenters. The summed E-state index contributed by atoms with van der Waals surface area (Å²) in [4.78, 5) is 10.4. The first kappa shape index (κ1) is 14.7. The van der Waals surface area contributed by atoms with Crippen LogP contribution in [0.2, 0.25) is 5.22 Å². The lowest BCUT2D eigenvalue weighted by atomic mass is 10.4. The number of furan rings is 1. The lowest BCUT2D eigenvalue weighted by molar-refractivity contribution is 0.0662. The summed E-state index contributed by atoms with van der Waals surface area (Å²) in [5, 5.41) is 8.28. The molecule has 0 aliphatic heterocycles. The Morgan fingerprint density at radius 2 is 2.26 bits per heavy atom. The standard InChI is InChI=1S/C10H12ClNO5S2/c1-18-10(2-3-10)5-12-19(15,16)7-4-6(9(13)14)17-8(7)11/h4,12H,2-3,5H2,1H3,(H,13,14). The van der Waals surface area contributed by atoms with E-state index in [0.717, 1.165) is 18.9 Å². The smallest absolute Gasteiger partial charge is 0.371 e. The molecule has 0 bridgehead atoms. The molecule has 2 rings (SSSR count). The minimum absolute atomic E-state index is 0.0427. The Hall–Kier alpha value is -0.700. The number of carboxylic acid groups (broad SMARTS) is 1. The fourth-order valence-electron chi connectivity index (χ4n) is 1.54. The van der Waals surface area contributed by atoms with E-state index in [9.17, 15) is 13.2 Å². The highest BCUT2D eigenvalue weighted by Crippen LogP contribution is 2.46. The largest absolute Gasteiger partial charge is 0.475 e. The van der Waals surface area contributed by atoms with E-state index in [4.69, 9.17) is 16.7 Å². The van der Waals surface area contributed by atoms with Gasteiger partial charge in [0.2, 0.25) is 21.0 Å². The summed E-state index contributed by atoms with van der Waals surface area (Å²) in [6, 6.07) is 0.908. The number of carbonyl (C=O) groups is 1. The van der Waals surface area contributed by atoms with Crippen LogP contribution < -0.4 is 4.72 Å². The molecule has 1 aromatic rings. The zero-order valence-corrected chi connectivity index (χ0v) is 12.4. The fraction of sp³-hybridized carbons (Fsp3) is 0.500. The third kappa shape index (κ3) is 3.07. The van der Waals surface area contributed by atoms with Crippen LogP contribution in [0.25, 0.3) is 0 Å². The Morgan fingerprint density at radius 3 is 2.68 bits per heavy atom. The Kier molecular flexibility index (Phi) is 3.87. The minimum atomic E-state index is -3.86. The van der Waals surface area contributed by atoms with Gasteiger partial charge < -0.3 is 9.52 Å². The monoisotopic (exact) mass is 325 g/mol. The van der Waals surface area contributed by atoms with Gasteiger partial charge in [-0.2, -0.15) is 11.8 Å². The Balaban J connectivity index is 2.17. The summed E-state index contributed by atoms with van der Waals surface area (Å²) in [7, 11) is -3.86. The molecule has 0 saturated heterocycles. The van der Waals surface area contributed by atoms with E-state index in [0.29, 0.717) is 6.54 Å². The number of thioether (sulfide) groups is 1. The summed E-state index contributed by atoms with van der Waals surface area (Å²) in [6.07, 6.45) is 3.83. The van der Waals surface area contributed by atoms with Crippen LogP contribution in [-0.4, -0.2) is 37.0 Å². The molecule has 1 saturated carbocycles. The van der Waals surface area contributed by atoms with Crippen LogP contribution in [0.1, 0.15) is 23.4 Å². The van der Waals surface area contributed by atoms with Crippen molar-refractivity contribution in [3.05, 3.63) is 17.0 Å². The molecule has 0 amide bonds. The summed E-state index contributed by atoms with van der Waals surface area (Å²) in [5.74, 6) is -1.87. The number of hydrogen-bond donors (Lipinski definition) is 2. The molecule has 1 aliphatic carbocycles. The van der Waals surface area contributed by atoms with Gasteiger partial charge in [0.1, 0.15) is 4.90 Å². The molecule has 106 valence electrons. The minimum Gasteiger partial charge on any atom is -0.475 e. The molecule has 1 aliphatic rings. The van der Waals surface area contributed by atoms with E-state index < -0.39 is 27.0 Å². The van der Waals surface area contributed by atoms with Crippen LogP contribution in [0.5, 0.6) is 0 Å². The lowest BCUT2D eigenvalue weighted by Crippen LogP contribution is -2.31. The van der Waals surface area contributed by atoms with Gasteiger partial charge in [-0.25, -0.2) is 17.9 Å². The first-order valence-electron chi connectivity index (χ1n) is 5.37. The molecular formula is C10H12ClNO5S2. The highest BCUT2D eigenvalue weighted by atomic mass is 35.5. The third-order valence-corrected chi connectivity index (χ3v) is 6.20. The van der Waals surface area contributed by atoms with E-state index in [1.807, 2.05) is 6.26 Å². The summed E-state index contributed by atoms with van der Waals surface area (Å²) < 4.78 is 31.1. The van der Waals surface area contributed by atoms with Crippen LogP contribution >= 0.6 is 23.4 Å². The number of nitrogens with one attached hydrogen (secondary N) is 1. The van der Waals surface area contributed by atoms with Crippen LogP contribution in [0, 0.1) is 0 Å². The molecule has 9 heteroatoms. The summed E-state index contributed by atoms with van der Waals surface area (Å²) >= 11 is 7.23. The highest BCUT2D eigenvalue weighted by Gasteiger charge is 2.42. The lowest BCUT2D eigenvalue weighted by Gasteiger charge is -2.12. The summed E-state index contributed by atoms with van der Waals surface area (Å²) in [5.41, 5.74) is 0. The zero-order chi connectivity index (χ0) is 14.3. The van der Waals surface area contributed by atoms with Crippen LogP contribution in [0.15, 0.2) is 15.4 Å². The van der Waals surface area contributed by atoms with Crippen molar-refractivity contribution in [1.82, 2.24) is 4.72 Å². The second kappa shape index (κ2) is 5.01. The average molecular weight is 326 g/mol. The van der Waals surface area contributed by atoms with E-state index in [1.165, 1.54) is 0 Å². The van der Waals surface area contributed by atoms with Gasteiger partial charge in [0.05, 0.1) is 0 Å². The van der Waals surface area contributed by atoms with Gasteiger partial charge in [0.25, 0.3) is 0 Å². The number of hydrogen-bond acceptors (Lipinski definition) is 5. The maximum absolute atomic E-state index is 12.0. The van der Waals surface area contributed by atoms with Gasteiger partial charge in [-0.05, 0) is 30.7 Å². The van der Waals surface area contributed by atoms with Crippen molar-refractivity contribution in [2.75, 3.05) is 12.8 Å². The fourth-order valence-corrected chi connectivity index (χ4v) is 3.93. The first-order chi connectivity index (χ1) is 8.80. The molecule has 0 spiro atoms. The van der Waals surface area contributed by atoms with Gasteiger partial charge in [-0.1, -0.05) is 0 Å². The Bertz CT molecular complexity index is 605. The van der Waals surface area contributed by atoms with Crippen molar-refractivity contribution in [1.29, 1.82) is 0 Å². The molecule has 1 fully saturated rings. The van der Waals surface area contributed by atoms with E-state index in [1.54, 1.807) is 11.8 Å². The number of carboxylic acids is 1. The summed E-state index contributed by atoms with van der Waals surface area (Å²) in [6.45, 7) is 0.292. The number of halogens is 1. The number of sulfonamides is 1. The molecule has 0 aromatic carbocycles. The molecular weight excluding hydrogens is 314 g/mol. The van der Waals surface area contributed by atoms with E-state index >= 15 is 0 Å². The van der Waals surface area contributed by atoms with Crippen molar-refractivity contribution in [3.63, 3.8) is 0 Å². The Labute approximate surface area is 119 Å². The predicted molar refractivity (Wildman–Crippen MR) is 71.3 cm³/mol. The predicted octanol–water partition coefficient (Wildman–Crippen LogP) is 1.81. The van der Waals surface area contributed by atoms with Gasteiger partial charge in [-0.15, -0.1) is 0 Å². The number of aromatic carboxylic acids is 1. The van der Waals surface area contributed by atoms with Gasteiger partial charge in [-0.3, -0.25) is 0 Å². The topological polar surface area (TPSA) is 96.6 Å². The van der Waals surface area contributed by atoms with Crippen LogP contribution in [0.4, 0.5) is 0 Å². The van der Waals surface area contributed by atoms with Crippen molar-refractivity contribution in [3.8, 4) is 0 Å². The molecule has 6 nitrogen and oxygen atoms in total. The van der Waals surface area contributed by atoms with E-state index in [-0.39, 0.29) is 9.64 Å². The molecule has 1 heterocycles. The van der Waals surface area contributed by atoms with Crippen molar-refractivity contribution >= 4 is 39.4 Å².